The molecule has 19 heavy (non-hydrogen) atoms. The van der Waals surface area contributed by atoms with Gasteiger partial charge in [-0.05, 0) is 24.0 Å². The minimum atomic E-state index is -0.870. The molecule has 106 valence electrons. The van der Waals surface area contributed by atoms with Gasteiger partial charge in [0, 0.05) is 18.7 Å². The molecule has 0 aliphatic rings. The first-order chi connectivity index (χ1) is 8.66. The second-order valence-electron chi connectivity index (χ2n) is 5.71. The fourth-order valence-electron chi connectivity index (χ4n) is 1.70. The van der Waals surface area contributed by atoms with E-state index < -0.39 is 17.5 Å². The molecule has 0 bridgehead atoms. The maximum Gasteiger partial charge on any atom is 0.254 e. The predicted octanol–water partition coefficient (Wildman–Crippen LogP) is 2.38. The summed E-state index contributed by atoms with van der Waals surface area (Å²) in [5, 5.41) is 2.68. The van der Waals surface area contributed by atoms with Crippen molar-refractivity contribution < 1.29 is 13.6 Å². The molecule has 0 saturated carbocycles. The van der Waals surface area contributed by atoms with Gasteiger partial charge in [-0.3, -0.25) is 4.79 Å². The van der Waals surface area contributed by atoms with Gasteiger partial charge in [-0.1, -0.05) is 20.8 Å². The summed E-state index contributed by atoms with van der Waals surface area (Å²) in [4.78, 5) is 12.0. The average Bonchev–Trinajstić information content (AvgIpc) is 2.28. The van der Waals surface area contributed by atoms with Crippen LogP contribution in [-0.2, 0) is 0 Å². The molecule has 0 spiro atoms. The maximum absolute atomic E-state index is 13.6. The zero-order valence-corrected chi connectivity index (χ0v) is 11.7. The van der Waals surface area contributed by atoms with Crippen LogP contribution in [-0.4, -0.2) is 18.5 Å². The molecule has 1 aromatic rings. The molecule has 0 fully saturated rings. The van der Waals surface area contributed by atoms with Crippen LogP contribution in [0.4, 0.5) is 8.78 Å². The monoisotopic (exact) mass is 270 g/mol. The third kappa shape index (κ3) is 3.73. The van der Waals surface area contributed by atoms with Gasteiger partial charge in [-0.2, -0.15) is 0 Å². The molecule has 0 aliphatic carbocycles. The number of hydrogen-bond donors (Lipinski definition) is 2. The van der Waals surface area contributed by atoms with Crippen molar-refractivity contribution in [1.82, 2.24) is 5.32 Å². The molecule has 1 amide bonds. The van der Waals surface area contributed by atoms with Gasteiger partial charge >= 0.3 is 0 Å². The van der Waals surface area contributed by atoms with E-state index in [2.05, 4.69) is 5.32 Å². The Bertz CT molecular complexity index is 481. The molecule has 1 unspecified atom stereocenters. The molecule has 1 aromatic carbocycles. The zero-order valence-electron chi connectivity index (χ0n) is 11.7. The van der Waals surface area contributed by atoms with Gasteiger partial charge in [0.1, 0.15) is 11.6 Å². The normalized spacial score (nSPS) is 13.2. The highest BCUT2D eigenvalue weighted by Gasteiger charge is 2.26. The van der Waals surface area contributed by atoms with Crippen molar-refractivity contribution in [3.63, 3.8) is 0 Å². The summed E-state index contributed by atoms with van der Waals surface area (Å²) in [7, 11) is 0. The quantitative estimate of drug-likeness (QED) is 0.886. The van der Waals surface area contributed by atoms with E-state index >= 15 is 0 Å². The minimum absolute atomic E-state index is 0.165. The summed E-state index contributed by atoms with van der Waals surface area (Å²) in [5.74, 6) is -2.11. The molecule has 0 saturated heterocycles. The minimum Gasteiger partial charge on any atom is -0.347 e. The van der Waals surface area contributed by atoms with Crippen LogP contribution in [0.2, 0.25) is 0 Å². The Labute approximate surface area is 112 Å². The summed E-state index contributed by atoms with van der Waals surface area (Å²) in [6, 6.07) is 1.64. The van der Waals surface area contributed by atoms with E-state index in [1.54, 1.807) is 0 Å². The summed E-state index contributed by atoms with van der Waals surface area (Å²) in [6.07, 6.45) is 0. The second-order valence-corrected chi connectivity index (χ2v) is 5.71. The lowest BCUT2D eigenvalue weighted by Crippen LogP contribution is -2.48. The number of halogens is 2. The summed E-state index contributed by atoms with van der Waals surface area (Å²) >= 11 is 0. The van der Waals surface area contributed by atoms with Crippen LogP contribution in [0.25, 0.3) is 0 Å². The highest BCUT2D eigenvalue weighted by molar-refractivity contribution is 5.94. The smallest absolute Gasteiger partial charge is 0.254 e. The Balaban J connectivity index is 2.99. The molecule has 3 nitrogen and oxygen atoms in total. The molecule has 1 rings (SSSR count). The van der Waals surface area contributed by atoms with Gasteiger partial charge in [-0.15, -0.1) is 0 Å². The van der Waals surface area contributed by atoms with Crippen LogP contribution in [0.1, 0.15) is 36.7 Å². The van der Waals surface area contributed by atoms with Crippen molar-refractivity contribution in [2.45, 2.75) is 33.7 Å². The highest BCUT2D eigenvalue weighted by Crippen LogP contribution is 2.20. The van der Waals surface area contributed by atoms with E-state index in [1.807, 2.05) is 20.8 Å². The number of aryl methyl sites for hydroxylation is 1. The average molecular weight is 270 g/mol. The molecule has 0 radical (unpaired) electrons. The summed E-state index contributed by atoms with van der Waals surface area (Å²) < 4.78 is 26.7. The van der Waals surface area contributed by atoms with Crippen LogP contribution >= 0.6 is 0 Å². The molecule has 5 heteroatoms. The fourth-order valence-corrected chi connectivity index (χ4v) is 1.70. The van der Waals surface area contributed by atoms with Crippen LogP contribution in [0.5, 0.6) is 0 Å². The van der Waals surface area contributed by atoms with Crippen molar-refractivity contribution in [1.29, 1.82) is 0 Å². The standard InChI is InChI=1S/C14H20F2N2O/c1-8-5-9(11(16)6-10(8)15)13(19)18-12(7-17)14(2,3)4/h5-6,12H,7,17H2,1-4H3,(H,18,19). The third-order valence-corrected chi connectivity index (χ3v) is 3.08. The first-order valence-corrected chi connectivity index (χ1v) is 6.13. The lowest BCUT2D eigenvalue weighted by molar-refractivity contribution is 0.0901. The largest absolute Gasteiger partial charge is 0.347 e. The number of carbonyl (C=O) groups excluding carboxylic acids is 1. The predicted molar refractivity (Wildman–Crippen MR) is 70.9 cm³/mol. The number of benzene rings is 1. The molecular weight excluding hydrogens is 250 g/mol. The molecule has 3 N–H and O–H groups in total. The van der Waals surface area contributed by atoms with Gasteiger partial charge in [0.25, 0.3) is 5.91 Å². The lowest BCUT2D eigenvalue weighted by atomic mass is 9.86. The Morgan fingerprint density at radius 3 is 2.37 bits per heavy atom. The van der Waals surface area contributed by atoms with Gasteiger partial charge in [0.05, 0.1) is 5.56 Å². The van der Waals surface area contributed by atoms with E-state index in [1.165, 1.54) is 13.0 Å². The van der Waals surface area contributed by atoms with Gasteiger partial charge in [0.15, 0.2) is 0 Å². The Morgan fingerprint density at radius 2 is 1.89 bits per heavy atom. The first kappa shape index (κ1) is 15.6. The van der Waals surface area contributed by atoms with Crippen LogP contribution < -0.4 is 11.1 Å². The molecular formula is C14H20F2N2O. The highest BCUT2D eigenvalue weighted by atomic mass is 19.1. The Morgan fingerprint density at radius 1 is 1.32 bits per heavy atom. The topological polar surface area (TPSA) is 55.1 Å². The van der Waals surface area contributed by atoms with Crippen molar-refractivity contribution in [2.75, 3.05) is 6.54 Å². The molecule has 1 atom stereocenters. The van der Waals surface area contributed by atoms with Crippen LogP contribution in [0.3, 0.4) is 0 Å². The fraction of sp³-hybridized carbons (Fsp3) is 0.500. The van der Waals surface area contributed by atoms with Gasteiger partial charge in [-0.25, -0.2) is 8.78 Å². The first-order valence-electron chi connectivity index (χ1n) is 6.13. The number of carbonyl (C=O) groups is 1. The lowest BCUT2D eigenvalue weighted by Gasteiger charge is -2.30. The molecule has 0 aromatic heterocycles. The van der Waals surface area contributed by atoms with Crippen molar-refractivity contribution in [3.8, 4) is 0 Å². The second kappa shape index (κ2) is 5.65. The van der Waals surface area contributed by atoms with E-state index in [0.717, 1.165) is 6.07 Å². The Hall–Kier alpha value is -1.49. The Kier molecular flexibility index (Phi) is 4.63. The van der Waals surface area contributed by atoms with E-state index in [-0.39, 0.29) is 29.1 Å². The van der Waals surface area contributed by atoms with E-state index in [4.69, 9.17) is 5.73 Å². The number of hydrogen-bond acceptors (Lipinski definition) is 2. The number of amides is 1. The molecule has 0 heterocycles. The van der Waals surface area contributed by atoms with Gasteiger partial charge < -0.3 is 11.1 Å². The number of nitrogens with two attached hydrogens (primary N) is 1. The summed E-state index contributed by atoms with van der Waals surface area (Å²) in [5.41, 5.74) is 5.43. The summed E-state index contributed by atoms with van der Waals surface area (Å²) in [6.45, 7) is 7.51. The maximum atomic E-state index is 13.6. The van der Waals surface area contributed by atoms with Crippen LogP contribution in [0, 0.1) is 24.0 Å². The van der Waals surface area contributed by atoms with Crippen LogP contribution in [0.15, 0.2) is 12.1 Å². The van der Waals surface area contributed by atoms with E-state index in [0.29, 0.717) is 0 Å². The van der Waals surface area contributed by atoms with Gasteiger partial charge in [0.2, 0.25) is 0 Å². The zero-order chi connectivity index (χ0) is 14.8. The van der Waals surface area contributed by atoms with Crippen molar-refractivity contribution in [3.05, 3.63) is 34.9 Å². The SMILES string of the molecule is Cc1cc(C(=O)NC(CN)C(C)(C)C)c(F)cc1F. The van der Waals surface area contributed by atoms with Crippen molar-refractivity contribution >= 4 is 5.91 Å². The molecule has 0 aliphatic heterocycles. The number of nitrogens with one attached hydrogen (secondary N) is 1. The van der Waals surface area contributed by atoms with E-state index in [9.17, 15) is 13.6 Å². The van der Waals surface area contributed by atoms with Crippen molar-refractivity contribution in [2.24, 2.45) is 11.1 Å². The third-order valence-electron chi connectivity index (χ3n) is 3.08. The number of rotatable bonds is 3.